The molecule has 0 aliphatic carbocycles. The van der Waals surface area contributed by atoms with Crippen molar-refractivity contribution in [2.24, 2.45) is 0 Å². The summed E-state index contributed by atoms with van der Waals surface area (Å²) >= 11 is -0.279. The van der Waals surface area contributed by atoms with Gasteiger partial charge in [0, 0.05) is 16.7 Å². The lowest BCUT2D eigenvalue weighted by molar-refractivity contribution is -0.123. The first-order valence-electron chi connectivity index (χ1n) is 11.0. The summed E-state index contributed by atoms with van der Waals surface area (Å²) in [7, 11) is 0. The Morgan fingerprint density at radius 2 is 1.70 bits per heavy atom. The lowest BCUT2D eigenvalue weighted by Crippen LogP contribution is -2.44. The van der Waals surface area contributed by atoms with Crippen LogP contribution in [-0.4, -0.2) is 38.8 Å². The smallest absolute Gasteiger partial charge is 0.305 e. The number of imide groups is 1. The summed E-state index contributed by atoms with van der Waals surface area (Å²) in [6.07, 6.45) is 2.99. The highest BCUT2D eigenvalue weighted by atomic mass is 32.2. The van der Waals surface area contributed by atoms with Gasteiger partial charge in [-0.15, -0.1) is 0 Å². The van der Waals surface area contributed by atoms with Crippen molar-refractivity contribution in [1.29, 1.82) is 0 Å². The van der Waals surface area contributed by atoms with Gasteiger partial charge < -0.3 is 4.90 Å². The molecule has 4 rings (SSSR count). The predicted molar refractivity (Wildman–Crippen MR) is 133 cm³/mol. The number of nitrogens with zero attached hydrogens (tertiary/aromatic N) is 3. The number of alkyl halides is 3. The topological polar surface area (TPSA) is 94.6 Å². The molecule has 37 heavy (non-hydrogen) atoms. The fraction of sp³-hybridized carbons (Fsp3) is 0.200. The first-order valence-corrected chi connectivity index (χ1v) is 11.9. The van der Waals surface area contributed by atoms with Crippen molar-refractivity contribution >= 4 is 41.0 Å². The average molecular weight is 530 g/mol. The number of amides is 4. The zero-order chi connectivity index (χ0) is 26.8. The number of hydrazine groups is 1. The minimum absolute atomic E-state index is 0.00213. The Bertz CT molecular complexity index is 1320. The molecule has 2 N–H and O–H groups in total. The Balaban J connectivity index is 1.52. The third kappa shape index (κ3) is 5.69. The predicted octanol–water partition coefficient (Wildman–Crippen LogP) is 5.20. The van der Waals surface area contributed by atoms with Gasteiger partial charge in [0.15, 0.2) is 0 Å². The van der Waals surface area contributed by atoms with Crippen LogP contribution in [-0.2, 0) is 11.3 Å². The van der Waals surface area contributed by atoms with E-state index in [2.05, 4.69) is 15.8 Å². The van der Waals surface area contributed by atoms with Crippen molar-refractivity contribution in [3.63, 3.8) is 0 Å². The Morgan fingerprint density at radius 3 is 2.35 bits per heavy atom. The molecule has 0 saturated carbocycles. The maximum Gasteiger partial charge on any atom is 0.446 e. The molecule has 12 heteroatoms. The summed E-state index contributed by atoms with van der Waals surface area (Å²) in [5, 5.41) is 0. The van der Waals surface area contributed by atoms with Crippen molar-refractivity contribution in [3.8, 4) is 0 Å². The summed E-state index contributed by atoms with van der Waals surface area (Å²) in [6, 6.07) is 14.6. The maximum absolute atomic E-state index is 13.4. The lowest BCUT2D eigenvalue weighted by atomic mass is 10.0. The van der Waals surface area contributed by atoms with Crippen LogP contribution in [0.2, 0.25) is 0 Å². The third-order valence-corrected chi connectivity index (χ3v) is 6.48. The summed E-state index contributed by atoms with van der Waals surface area (Å²) in [5.74, 6) is -0.892. The molecule has 0 atom stereocenters. The zero-order valence-corrected chi connectivity index (χ0v) is 20.6. The first kappa shape index (κ1) is 26.0. The standard InChI is InChI=1S/C25H22F3N5O3S/c1-24(2)22(35)33(18-8-10-19(11-9-18)37-25(26,27)28)23(36)32(24)15-17-12-13-29-14-20(17)30-31-21(34)16-6-4-3-5-7-16/h3-14,30H,15H2,1-2H3,(H,31,34). The highest BCUT2D eigenvalue weighted by Crippen LogP contribution is 2.39. The quantitative estimate of drug-likeness (QED) is 0.248. The zero-order valence-electron chi connectivity index (χ0n) is 19.7. The fourth-order valence-electron chi connectivity index (χ4n) is 3.76. The van der Waals surface area contributed by atoms with Crippen molar-refractivity contribution in [2.45, 2.75) is 36.3 Å². The largest absolute Gasteiger partial charge is 0.446 e. The number of thioether (sulfide) groups is 1. The van der Waals surface area contributed by atoms with Crippen molar-refractivity contribution in [3.05, 3.63) is 84.2 Å². The van der Waals surface area contributed by atoms with Gasteiger partial charge in [-0.1, -0.05) is 18.2 Å². The van der Waals surface area contributed by atoms with Crippen LogP contribution in [0.1, 0.15) is 29.8 Å². The van der Waals surface area contributed by atoms with Crippen LogP contribution in [0.25, 0.3) is 0 Å². The number of urea groups is 1. The van der Waals surface area contributed by atoms with E-state index in [4.69, 9.17) is 0 Å². The Hall–Kier alpha value is -4.06. The molecule has 0 unspecified atom stereocenters. The maximum atomic E-state index is 13.4. The van der Waals surface area contributed by atoms with Gasteiger partial charge in [0.1, 0.15) is 5.54 Å². The summed E-state index contributed by atoms with van der Waals surface area (Å²) in [6.45, 7) is 3.18. The molecule has 0 bridgehead atoms. The lowest BCUT2D eigenvalue weighted by Gasteiger charge is -2.28. The van der Waals surface area contributed by atoms with E-state index in [0.717, 1.165) is 4.90 Å². The summed E-state index contributed by atoms with van der Waals surface area (Å²) in [4.78, 5) is 45.3. The number of hydrogen-bond acceptors (Lipinski definition) is 6. The molecule has 3 aromatic rings. The second kappa shape index (κ2) is 10.1. The molecule has 2 heterocycles. The normalized spacial score (nSPS) is 15.2. The number of carbonyl (C=O) groups excluding carboxylic acids is 3. The van der Waals surface area contributed by atoms with Crippen LogP contribution in [0.3, 0.4) is 0 Å². The van der Waals surface area contributed by atoms with E-state index >= 15 is 0 Å². The Kier molecular flexibility index (Phi) is 7.12. The van der Waals surface area contributed by atoms with Gasteiger partial charge in [-0.3, -0.25) is 25.4 Å². The van der Waals surface area contributed by atoms with E-state index in [9.17, 15) is 27.6 Å². The molecule has 192 valence electrons. The highest BCUT2D eigenvalue weighted by molar-refractivity contribution is 8.00. The number of anilines is 2. The molecule has 1 aliphatic rings. The number of rotatable bonds is 7. The minimum atomic E-state index is -4.45. The second-order valence-corrected chi connectivity index (χ2v) is 9.73. The molecule has 2 aromatic carbocycles. The van der Waals surface area contributed by atoms with Crippen LogP contribution in [0, 0.1) is 0 Å². The van der Waals surface area contributed by atoms with Gasteiger partial charge in [0.25, 0.3) is 11.8 Å². The molecule has 8 nitrogen and oxygen atoms in total. The van der Waals surface area contributed by atoms with Gasteiger partial charge in [0.05, 0.1) is 24.1 Å². The number of aromatic nitrogens is 1. The summed E-state index contributed by atoms with van der Waals surface area (Å²) < 4.78 is 37.9. The van der Waals surface area contributed by atoms with Crippen molar-refractivity contribution < 1.29 is 27.6 Å². The van der Waals surface area contributed by atoms with E-state index in [-0.39, 0.29) is 34.8 Å². The number of carbonyl (C=O) groups is 3. The molecular formula is C25H22F3N5O3S. The molecule has 4 amide bonds. The Morgan fingerprint density at radius 1 is 1.03 bits per heavy atom. The van der Waals surface area contributed by atoms with Crippen LogP contribution in [0.15, 0.2) is 78.0 Å². The molecule has 1 fully saturated rings. The van der Waals surface area contributed by atoms with E-state index in [1.165, 1.54) is 41.6 Å². The number of benzene rings is 2. The average Bonchev–Trinajstić information content (AvgIpc) is 3.02. The van der Waals surface area contributed by atoms with Gasteiger partial charge in [-0.25, -0.2) is 9.69 Å². The van der Waals surface area contributed by atoms with Crippen LogP contribution < -0.4 is 15.8 Å². The van der Waals surface area contributed by atoms with Gasteiger partial charge in [-0.2, -0.15) is 13.2 Å². The van der Waals surface area contributed by atoms with Gasteiger partial charge >= 0.3 is 11.5 Å². The van der Waals surface area contributed by atoms with Gasteiger partial charge in [0.2, 0.25) is 0 Å². The van der Waals surface area contributed by atoms with Crippen molar-refractivity contribution in [1.82, 2.24) is 15.3 Å². The third-order valence-electron chi connectivity index (χ3n) is 5.74. The fourth-order valence-corrected chi connectivity index (χ4v) is 4.29. The molecule has 0 spiro atoms. The number of nitrogens with one attached hydrogen (secondary N) is 2. The molecule has 1 aromatic heterocycles. The number of pyridine rings is 1. The summed E-state index contributed by atoms with van der Waals surface area (Å²) in [5.41, 5.74) is 1.32. The van der Waals surface area contributed by atoms with E-state index in [1.54, 1.807) is 50.2 Å². The molecular weight excluding hydrogens is 507 g/mol. The van der Waals surface area contributed by atoms with Crippen LogP contribution in [0.4, 0.5) is 29.3 Å². The van der Waals surface area contributed by atoms with Crippen LogP contribution in [0.5, 0.6) is 0 Å². The highest BCUT2D eigenvalue weighted by Gasteiger charge is 2.51. The van der Waals surface area contributed by atoms with Crippen LogP contribution >= 0.6 is 11.8 Å². The second-order valence-electron chi connectivity index (χ2n) is 8.59. The monoisotopic (exact) mass is 529 g/mol. The molecule has 1 saturated heterocycles. The first-order chi connectivity index (χ1) is 17.5. The SMILES string of the molecule is CC1(C)C(=O)N(c2ccc(SC(F)(F)F)cc2)C(=O)N1Cc1ccncc1NNC(=O)c1ccccc1. The van der Waals surface area contributed by atoms with Gasteiger partial charge in [-0.05, 0) is 73.6 Å². The van der Waals surface area contributed by atoms with Crippen molar-refractivity contribution in [2.75, 3.05) is 10.3 Å². The van der Waals surface area contributed by atoms with E-state index < -0.39 is 23.0 Å². The Labute approximate surface area is 214 Å². The minimum Gasteiger partial charge on any atom is -0.305 e. The molecule has 1 aliphatic heterocycles. The molecule has 0 radical (unpaired) electrons. The number of halogens is 3. The van der Waals surface area contributed by atoms with E-state index in [0.29, 0.717) is 16.8 Å². The number of hydrogen-bond donors (Lipinski definition) is 2. The van der Waals surface area contributed by atoms with E-state index in [1.807, 2.05) is 0 Å².